The molecule has 0 spiro atoms. The van der Waals surface area contributed by atoms with Crippen LogP contribution in [0, 0.1) is 0 Å². The van der Waals surface area contributed by atoms with E-state index >= 15 is 0 Å². The topological polar surface area (TPSA) is 0 Å². The van der Waals surface area contributed by atoms with Gasteiger partial charge in [0.15, 0.2) is 0 Å². The van der Waals surface area contributed by atoms with Crippen molar-refractivity contribution < 1.29 is 0 Å². The van der Waals surface area contributed by atoms with Gasteiger partial charge in [0.05, 0.1) is 0 Å². The molecule has 0 aromatic rings. The zero-order valence-corrected chi connectivity index (χ0v) is 16.0. The Balaban J connectivity index is 0. The molecule has 0 unspecified atom stereocenters. The maximum absolute atomic E-state index is 2.47. The molecule has 0 nitrogen and oxygen atoms in total. The van der Waals surface area contributed by atoms with Crippen LogP contribution in [0.2, 0.25) is 0 Å². The van der Waals surface area contributed by atoms with Crippen LogP contribution < -0.4 is 0 Å². The van der Waals surface area contributed by atoms with Crippen molar-refractivity contribution >= 4 is 7.26 Å². The van der Waals surface area contributed by atoms with Gasteiger partial charge in [-0.05, 0) is 0 Å². The van der Waals surface area contributed by atoms with Crippen LogP contribution in [-0.4, -0.2) is 24.6 Å². The monoisotopic (exact) mass is 290 g/mol. The van der Waals surface area contributed by atoms with E-state index in [2.05, 4.69) is 41.5 Å². The summed E-state index contributed by atoms with van der Waals surface area (Å²) in [7, 11) is -0.832. The van der Waals surface area contributed by atoms with Crippen LogP contribution in [0.4, 0.5) is 0 Å². The van der Waals surface area contributed by atoms with Crippen molar-refractivity contribution in [2.75, 3.05) is 24.6 Å². The molecule has 0 rings (SSSR count). The van der Waals surface area contributed by atoms with Crippen LogP contribution in [0.25, 0.3) is 0 Å². The minimum absolute atomic E-state index is 0.832. The Bertz CT molecular complexity index is 130. The zero-order chi connectivity index (χ0) is 15.0. The number of rotatable bonds is 11. The molecule has 0 heterocycles. The van der Waals surface area contributed by atoms with Gasteiger partial charge in [0.2, 0.25) is 0 Å². The molecule has 0 atom stereocenters. The molecule has 0 aromatic carbocycles. The Hall–Kier alpha value is 0.430. The van der Waals surface area contributed by atoms with Crippen molar-refractivity contribution in [1.82, 2.24) is 0 Å². The van der Waals surface area contributed by atoms with Crippen molar-refractivity contribution in [2.45, 2.75) is 92.9 Å². The first-order valence-corrected chi connectivity index (χ1v) is 12.0. The van der Waals surface area contributed by atoms with Gasteiger partial charge in [0.1, 0.15) is 0 Å². The fraction of sp³-hybridized carbons (Fsp3) is 1.00. The second-order valence-corrected chi connectivity index (χ2v) is 11.4. The molecule has 0 aliphatic rings. The Morgan fingerprint density at radius 3 is 0.947 bits per heavy atom. The van der Waals surface area contributed by atoms with Crippen molar-refractivity contribution in [2.24, 2.45) is 0 Å². The maximum atomic E-state index is 2.47. The van der Waals surface area contributed by atoms with Gasteiger partial charge in [-0.1, -0.05) is 26.7 Å². The molecule has 0 radical (unpaired) electrons. The SMILES string of the molecule is CCCC.CCCC[PH](CC)(CCCC)CCCC. The van der Waals surface area contributed by atoms with Gasteiger partial charge < -0.3 is 0 Å². The van der Waals surface area contributed by atoms with Gasteiger partial charge in [-0.15, -0.1) is 0 Å². The first-order valence-electron chi connectivity index (χ1n) is 9.16. The average Bonchev–Trinajstić information content (AvgIpc) is 2.47. The molecule has 0 N–H and O–H groups in total. The fourth-order valence-electron chi connectivity index (χ4n) is 2.56. The van der Waals surface area contributed by atoms with Gasteiger partial charge in [0.25, 0.3) is 0 Å². The van der Waals surface area contributed by atoms with Gasteiger partial charge >= 0.3 is 98.1 Å². The number of hydrogen-bond acceptors (Lipinski definition) is 0. The molecular formula is C18H43P. The summed E-state index contributed by atoms with van der Waals surface area (Å²) < 4.78 is 0. The molecule has 0 aromatic heterocycles. The van der Waals surface area contributed by atoms with E-state index in [9.17, 15) is 0 Å². The number of hydrogen-bond donors (Lipinski definition) is 0. The molecule has 120 valence electrons. The molecule has 0 saturated heterocycles. The van der Waals surface area contributed by atoms with E-state index in [1.807, 2.05) is 0 Å². The van der Waals surface area contributed by atoms with Gasteiger partial charge in [-0.3, -0.25) is 0 Å². The Morgan fingerprint density at radius 2 is 0.789 bits per heavy atom. The molecule has 0 bridgehead atoms. The summed E-state index contributed by atoms with van der Waals surface area (Å²) in [6.45, 7) is 13.9. The van der Waals surface area contributed by atoms with Crippen molar-refractivity contribution in [3.63, 3.8) is 0 Å². The summed E-state index contributed by atoms with van der Waals surface area (Å²) in [6.07, 6.45) is 17.7. The Kier molecular flexibility index (Phi) is 18.8. The predicted molar refractivity (Wildman–Crippen MR) is 98.8 cm³/mol. The van der Waals surface area contributed by atoms with Crippen LogP contribution in [0.1, 0.15) is 92.9 Å². The zero-order valence-electron chi connectivity index (χ0n) is 15.0. The third kappa shape index (κ3) is 13.2. The molecule has 0 fully saturated rings. The van der Waals surface area contributed by atoms with Gasteiger partial charge in [-0.2, -0.15) is 0 Å². The Morgan fingerprint density at radius 1 is 0.474 bits per heavy atom. The van der Waals surface area contributed by atoms with E-state index in [4.69, 9.17) is 0 Å². The summed E-state index contributed by atoms with van der Waals surface area (Å²) in [5.74, 6) is 0. The quantitative estimate of drug-likeness (QED) is 0.361. The molecular weight excluding hydrogens is 247 g/mol. The van der Waals surface area contributed by atoms with Crippen molar-refractivity contribution in [3.05, 3.63) is 0 Å². The van der Waals surface area contributed by atoms with Crippen LogP contribution in [0.15, 0.2) is 0 Å². The molecule has 0 amide bonds. The fourth-order valence-corrected chi connectivity index (χ4v) is 7.68. The normalized spacial score (nSPS) is 11.9. The summed E-state index contributed by atoms with van der Waals surface area (Å²) in [5.41, 5.74) is 0. The minimum atomic E-state index is -0.832. The molecule has 0 aliphatic carbocycles. The summed E-state index contributed by atoms with van der Waals surface area (Å²) in [4.78, 5) is 0. The van der Waals surface area contributed by atoms with E-state index in [0.717, 1.165) is 0 Å². The van der Waals surface area contributed by atoms with Gasteiger partial charge in [-0.25, -0.2) is 0 Å². The van der Waals surface area contributed by atoms with Crippen LogP contribution >= 0.6 is 7.26 Å². The third-order valence-corrected chi connectivity index (χ3v) is 10.2. The van der Waals surface area contributed by atoms with E-state index in [1.165, 1.54) is 57.5 Å². The van der Waals surface area contributed by atoms with E-state index in [0.29, 0.717) is 0 Å². The third-order valence-electron chi connectivity index (χ3n) is 4.43. The van der Waals surface area contributed by atoms with E-state index < -0.39 is 7.26 Å². The van der Waals surface area contributed by atoms with Crippen LogP contribution in [0.5, 0.6) is 0 Å². The van der Waals surface area contributed by atoms with Gasteiger partial charge in [0, 0.05) is 0 Å². The Labute approximate surface area is 125 Å². The summed E-state index contributed by atoms with van der Waals surface area (Å²) >= 11 is 0. The first-order chi connectivity index (χ1) is 9.16. The first kappa shape index (κ1) is 21.7. The van der Waals surface area contributed by atoms with E-state index in [1.54, 1.807) is 18.5 Å². The van der Waals surface area contributed by atoms with Crippen molar-refractivity contribution in [1.29, 1.82) is 0 Å². The average molecular weight is 291 g/mol. The van der Waals surface area contributed by atoms with E-state index in [-0.39, 0.29) is 0 Å². The predicted octanol–water partition coefficient (Wildman–Crippen LogP) is 6.96. The van der Waals surface area contributed by atoms with Crippen molar-refractivity contribution in [3.8, 4) is 0 Å². The number of unbranched alkanes of at least 4 members (excludes halogenated alkanes) is 4. The molecule has 0 saturated carbocycles. The standard InChI is InChI=1S/C14H33P.C4H10/c1-5-9-12-15(8-4,13-10-6-2)14-11-7-3;1-3-4-2/h15H,5-14H2,1-4H3;3-4H2,1-2H3. The summed E-state index contributed by atoms with van der Waals surface area (Å²) in [5, 5.41) is 0. The molecule has 0 aliphatic heterocycles. The molecule has 19 heavy (non-hydrogen) atoms. The summed E-state index contributed by atoms with van der Waals surface area (Å²) in [6, 6.07) is 0. The van der Waals surface area contributed by atoms with Crippen LogP contribution in [-0.2, 0) is 0 Å². The van der Waals surface area contributed by atoms with Crippen LogP contribution in [0.3, 0.4) is 0 Å². The second kappa shape index (κ2) is 16.5. The second-order valence-electron chi connectivity index (χ2n) is 6.16. The molecule has 1 heteroatoms.